The number of likely N-dealkylation sites (tertiary alicyclic amines) is 1. The number of rotatable bonds is 2. The zero-order valence-corrected chi connectivity index (χ0v) is 32.0. The topological polar surface area (TPSA) is 92.6 Å². The Labute approximate surface area is 304 Å². The molecule has 236 valence electrons. The van der Waals surface area contributed by atoms with E-state index in [2.05, 4.69) is 71.6 Å². The van der Waals surface area contributed by atoms with Crippen molar-refractivity contribution in [2.45, 2.75) is 96.7 Å². The van der Waals surface area contributed by atoms with E-state index in [-0.39, 0.29) is 30.7 Å². The molecule has 0 spiro atoms. The third-order valence-corrected chi connectivity index (χ3v) is 8.32. The van der Waals surface area contributed by atoms with Gasteiger partial charge in [0.05, 0.1) is 15.7 Å². The Hall–Kier alpha value is -0.183. The molecular formula is C30H41Br3Cl2LiN3O4. The number of unbranched alkanes of at least 4 members (excludes halogenated alkanes) is 1. The van der Waals surface area contributed by atoms with E-state index in [4.69, 9.17) is 27.9 Å². The van der Waals surface area contributed by atoms with Gasteiger partial charge in [0, 0.05) is 47.3 Å². The molecule has 1 N–H and O–H groups in total. The normalized spacial score (nSPS) is 15.7. The van der Waals surface area contributed by atoms with Gasteiger partial charge in [-0.25, -0.2) is 9.78 Å². The Bertz CT molecular complexity index is 1140. The summed E-state index contributed by atoms with van der Waals surface area (Å²) >= 11 is 21.5. The molecular weight excluding hydrogens is 784 g/mol. The summed E-state index contributed by atoms with van der Waals surface area (Å²) < 4.78 is 7.59. The van der Waals surface area contributed by atoms with Crippen molar-refractivity contribution in [1.82, 2.24) is 14.9 Å². The zero-order chi connectivity index (χ0) is 31.9. The fourth-order valence-corrected chi connectivity index (χ4v) is 5.45. The zero-order valence-electron chi connectivity index (χ0n) is 25.7. The summed E-state index contributed by atoms with van der Waals surface area (Å²) in [5, 5.41) is 11.6. The Kier molecular flexibility index (Phi) is 21.5. The van der Waals surface area contributed by atoms with Crippen molar-refractivity contribution >= 4 is 82.9 Å². The van der Waals surface area contributed by atoms with Crippen LogP contribution in [0, 0.1) is 6.92 Å². The van der Waals surface area contributed by atoms with Crippen molar-refractivity contribution < 1.29 is 38.3 Å². The number of Topliss-reactive ketones (excluding diaryl/α,β-unsaturated/α-hetero) is 1. The van der Waals surface area contributed by atoms with Gasteiger partial charge < -0.3 is 21.7 Å². The quantitative estimate of drug-likeness (QED) is 0.197. The fourth-order valence-electron chi connectivity index (χ4n) is 3.79. The van der Waals surface area contributed by atoms with Gasteiger partial charge in [0.15, 0.2) is 0 Å². The minimum Gasteiger partial charge on any atom is -0.444 e. The first-order chi connectivity index (χ1) is 19.6. The van der Waals surface area contributed by atoms with E-state index in [9.17, 15) is 14.7 Å². The maximum Gasteiger partial charge on any atom is 1.00 e. The van der Waals surface area contributed by atoms with Crippen molar-refractivity contribution in [3.8, 4) is 0 Å². The minimum absolute atomic E-state index is 0. The van der Waals surface area contributed by atoms with Crippen LogP contribution in [0.4, 0.5) is 4.79 Å². The molecule has 1 amide bonds. The molecule has 0 atom stereocenters. The van der Waals surface area contributed by atoms with Gasteiger partial charge in [-0.05, 0) is 93.5 Å². The maximum atomic E-state index is 11.5. The predicted molar refractivity (Wildman–Crippen MR) is 181 cm³/mol. The Balaban J connectivity index is 0.000000586. The number of ketones is 1. The van der Waals surface area contributed by atoms with Gasteiger partial charge in [-0.15, -0.1) is 0 Å². The number of hydrogen-bond donors (Lipinski definition) is 1. The molecule has 3 heterocycles. The average Bonchev–Trinajstić information content (AvgIpc) is 2.91. The second-order valence-corrected chi connectivity index (χ2v) is 14.3. The molecule has 0 unspecified atom stereocenters. The number of ether oxygens (including phenoxy) is 1. The van der Waals surface area contributed by atoms with Crippen LogP contribution in [-0.4, -0.2) is 50.5 Å². The van der Waals surface area contributed by atoms with Gasteiger partial charge in [-0.2, -0.15) is 6.42 Å². The SMILES string of the molecule is CC(C)(C)OC(=O)N1CCC(=O)CC1.Clc1cc(Br)cnc1Br.OC1(c2ncc(Br)cc2Cl)CCCCC1.[CH2-]CCC.[Li+]. The standard InChI is InChI=1S/C11H13BrClNO.C10H17NO3.C5H2Br2ClN.C4H9.Li/c12-8-6-9(13)10(14-7-8)11(15)4-2-1-3-5-11;1-10(2,3)14-9(13)11-6-4-8(12)5-7-11;6-3-1-4(8)5(7)9-2-3;1-3-4-2;/h6-7,15H,1-5H2;4-7H2,1-3H3;1-2H;1,3-4H2,2H3;/q;;;-1;+1. The van der Waals surface area contributed by atoms with Crippen molar-refractivity contribution in [2.24, 2.45) is 0 Å². The van der Waals surface area contributed by atoms with Gasteiger partial charge in [0.25, 0.3) is 0 Å². The van der Waals surface area contributed by atoms with Crippen LogP contribution in [-0.2, 0) is 15.1 Å². The molecule has 1 aliphatic heterocycles. The second-order valence-electron chi connectivity index (χ2n) is 10.9. The van der Waals surface area contributed by atoms with E-state index >= 15 is 0 Å². The molecule has 2 aromatic rings. The van der Waals surface area contributed by atoms with Gasteiger partial charge in [0.1, 0.15) is 21.6 Å². The predicted octanol–water partition coefficient (Wildman–Crippen LogP) is 7.12. The van der Waals surface area contributed by atoms with E-state index in [0.29, 0.717) is 46.3 Å². The summed E-state index contributed by atoms with van der Waals surface area (Å²) in [6.45, 7) is 12.2. The monoisotopic (exact) mass is 821 g/mol. The molecule has 0 aromatic carbocycles. The Morgan fingerprint density at radius 2 is 1.51 bits per heavy atom. The first kappa shape index (κ1) is 42.8. The summed E-state index contributed by atoms with van der Waals surface area (Å²) in [5.74, 6) is 0.227. The first-order valence-corrected chi connectivity index (χ1v) is 17.0. The van der Waals surface area contributed by atoms with Crippen LogP contribution < -0.4 is 18.9 Å². The van der Waals surface area contributed by atoms with Crippen LogP contribution in [0.15, 0.2) is 38.1 Å². The van der Waals surface area contributed by atoms with Crippen molar-refractivity contribution in [1.29, 1.82) is 0 Å². The number of hydrogen-bond acceptors (Lipinski definition) is 6. The number of aliphatic hydroxyl groups is 1. The fraction of sp³-hybridized carbons (Fsp3) is 0.567. The number of piperidine rings is 1. The minimum atomic E-state index is -0.809. The number of pyridine rings is 2. The molecule has 2 aromatic heterocycles. The van der Waals surface area contributed by atoms with Gasteiger partial charge in [0.2, 0.25) is 0 Å². The van der Waals surface area contributed by atoms with Crippen LogP contribution in [0.3, 0.4) is 0 Å². The molecule has 43 heavy (non-hydrogen) atoms. The summed E-state index contributed by atoms with van der Waals surface area (Å²) in [6.07, 6.45) is 11.1. The van der Waals surface area contributed by atoms with E-state index in [1.165, 1.54) is 12.8 Å². The molecule has 13 heteroatoms. The molecule has 0 radical (unpaired) electrons. The Morgan fingerprint density at radius 1 is 1.02 bits per heavy atom. The van der Waals surface area contributed by atoms with E-state index in [1.807, 2.05) is 20.8 Å². The third-order valence-electron chi connectivity index (χ3n) is 6.02. The van der Waals surface area contributed by atoms with Crippen molar-refractivity contribution in [2.75, 3.05) is 13.1 Å². The smallest absolute Gasteiger partial charge is 0.444 e. The number of nitrogens with zero attached hydrogens (tertiary/aromatic N) is 3. The van der Waals surface area contributed by atoms with Crippen LogP contribution in [0.5, 0.6) is 0 Å². The molecule has 7 nitrogen and oxygen atoms in total. The van der Waals surface area contributed by atoms with Crippen molar-refractivity contribution in [3.63, 3.8) is 0 Å². The van der Waals surface area contributed by atoms with Gasteiger partial charge in [-0.1, -0.05) is 55.8 Å². The maximum absolute atomic E-state index is 11.5. The number of halogens is 5. The van der Waals surface area contributed by atoms with Crippen LogP contribution in [0.1, 0.15) is 91.2 Å². The van der Waals surface area contributed by atoms with E-state index in [1.54, 1.807) is 29.4 Å². The summed E-state index contributed by atoms with van der Waals surface area (Å²) in [6, 6.07) is 3.56. The van der Waals surface area contributed by atoms with Gasteiger partial charge in [-0.3, -0.25) is 9.78 Å². The summed E-state index contributed by atoms with van der Waals surface area (Å²) in [7, 11) is 0. The first-order valence-electron chi connectivity index (χ1n) is 13.9. The van der Waals surface area contributed by atoms with E-state index < -0.39 is 11.2 Å². The number of aromatic nitrogens is 2. The number of amides is 1. The molecule has 4 rings (SSSR count). The van der Waals surface area contributed by atoms with Crippen LogP contribution >= 0.6 is 71.0 Å². The van der Waals surface area contributed by atoms with Crippen LogP contribution in [0.2, 0.25) is 10.0 Å². The molecule has 0 bridgehead atoms. The number of carbonyl (C=O) groups is 2. The van der Waals surface area contributed by atoms with E-state index in [0.717, 1.165) is 41.0 Å². The summed E-state index contributed by atoms with van der Waals surface area (Å²) in [4.78, 5) is 32.2. The Morgan fingerprint density at radius 3 is 1.93 bits per heavy atom. The summed E-state index contributed by atoms with van der Waals surface area (Å²) in [5.41, 5.74) is -0.638. The molecule has 2 aliphatic rings. The number of carbonyl (C=O) groups excluding carboxylic acids is 2. The molecule has 1 aliphatic carbocycles. The molecule has 2 fully saturated rings. The molecule has 1 saturated heterocycles. The van der Waals surface area contributed by atoms with Crippen LogP contribution in [0.25, 0.3) is 0 Å². The van der Waals surface area contributed by atoms with Crippen molar-refractivity contribution in [3.05, 3.63) is 60.7 Å². The average molecular weight is 825 g/mol. The second kappa shape index (κ2) is 21.6. The largest absolute Gasteiger partial charge is 1.00 e. The third kappa shape index (κ3) is 17.3. The molecule has 1 saturated carbocycles. The van der Waals surface area contributed by atoms with Gasteiger partial charge >= 0.3 is 25.0 Å².